The smallest absolute Gasteiger partial charge is 0.254 e. The first-order valence-corrected chi connectivity index (χ1v) is 8.87. The summed E-state index contributed by atoms with van der Waals surface area (Å²) in [5.74, 6) is 0.106. The molecule has 2 aliphatic rings. The SMILES string of the molecule is N#Cc1ccc(C(=O)N2CC[C@@H]3[C@H]2CCC(=O)N3c2ccccc2)cc1. The third-order valence-electron chi connectivity index (χ3n) is 5.32. The monoisotopic (exact) mass is 345 g/mol. The third kappa shape index (κ3) is 2.74. The maximum absolute atomic E-state index is 13.0. The molecule has 2 aliphatic heterocycles. The van der Waals surface area contributed by atoms with E-state index in [-0.39, 0.29) is 23.9 Å². The van der Waals surface area contributed by atoms with Crippen molar-refractivity contribution in [2.24, 2.45) is 0 Å². The highest BCUT2D eigenvalue weighted by Crippen LogP contribution is 2.35. The molecule has 2 heterocycles. The minimum absolute atomic E-state index is 0.0237. The number of para-hydroxylation sites is 1. The lowest BCUT2D eigenvalue weighted by atomic mass is 9.95. The first-order chi connectivity index (χ1) is 12.7. The molecule has 4 rings (SSSR count). The molecule has 2 atom stereocenters. The Morgan fingerprint density at radius 1 is 1.00 bits per heavy atom. The van der Waals surface area contributed by atoms with Gasteiger partial charge in [-0.2, -0.15) is 5.26 Å². The molecule has 2 aromatic carbocycles. The molecule has 130 valence electrons. The van der Waals surface area contributed by atoms with E-state index in [4.69, 9.17) is 5.26 Å². The Morgan fingerprint density at radius 3 is 2.42 bits per heavy atom. The highest BCUT2D eigenvalue weighted by atomic mass is 16.2. The quantitative estimate of drug-likeness (QED) is 0.840. The first kappa shape index (κ1) is 16.3. The van der Waals surface area contributed by atoms with Gasteiger partial charge in [-0.3, -0.25) is 9.59 Å². The largest absolute Gasteiger partial charge is 0.333 e. The standard InChI is InChI=1S/C21H19N3O2/c22-14-15-6-8-16(9-7-15)21(26)23-13-12-19-18(23)10-11-20(25)24(19)17-4-2-1-3-5-17/h1-9,18-19H,10-13H2/t18-,19-/m1/s1. The average molecular weight is 345 g/mol. The van der Waals surface area contributed by atoms with Crippen LogP contribution < -0.4 is 4.90 Å². The molecule has 0 bridgehead atoms. The van der Waals surface area contributed by atoms with Crippen molar-refractivity contribution in [2.75, 3.05) is 11.4 Å². The third-order valence-corrected chi connectivity index (χ3v) is 5.32. The fourth-order valence-corrected chi connectivity index (χ4v) is 4.09. The van der Waals surface area contributed by atoms with Gasteiger partial charge in [0.1, 0.15) is 0 Å². The number of amides is 2. The van der Waals surface area contributed by atoms with Crippen LogP contribution in [0.2, 0.25) is 0 Å². The molecule has 2 fully saturated rings. The van der Waals surface area contributed by atoms with E-state index in [2.05, 4.69) is 6.07 Å². The molecule has 0 aromatic heterocycles. The molecule has 0 spiro atoms. The summed E-state index contributed by atoms with van der Waals surface area (Å²) in [5, 5.41) is 8.91. The topological polar surface area (TPSA) is 64.4 Å². The van der Waals surface area contributed by atoms with Gasteiger partial charge in [-0.25, -0.2) is 0 Å². The van der Waals surface area contributed by atoms with Gasteiger partial charge in [0, 0.05) is 24.2 Å². The van der Waals surface area contributed by atoms with Crippen LogP contribution >= 0.6 is 0 Å². The number of carbonyl (C=O) groups is 2. The molecule has 2 saturated heterocycles. The fourth-order valence-electron chi connectivity index (χ4n) is 4.09. The summed E-state index contributed by atoms with van der Waals surface area (Å²) < 4.78 is 0. The van der Waals surface area contributed by atoms with Gasteiger partial charge in [0.2, 0.25) is 5.91 Å². The second kappa shape index (κ2) is 6.64. The number of rotatable bonds is 2. The van der Waals surface area contributed by atoms with E-state index in [0.29, 0.717) is 30.5 Å². The lowest BCUT2D eigenvalue weighted by Gasteiger charge is -2.39. The van der Waals surface area contributed by atoms with Gasteiger partial charge in [-0.05, 0) is 49.2 Å². The lowest BCUT2D eigenvalue weighted by molar-refractivity contribution is -0.120. The Bertz CT molecular complexity index is 870. The molecule has 5 nitrogen and oxygen atoms in total. The van der Waals surface area contributed by atoms with Crippen LogP contribution in [0.4, 0.5) is 5.69 Å². The molecule has 26 heavy (non-hydrogen) atoms. The first-order valence-electron chi connectivity index (χ1n) is 8.87. The van der Waals surface area contributed by atoms with E-state index >= 15 is 0 Å². The Labute approximate surface area is 152 Å². The normalized spacial score (nSPS) is 22.0. The van der Waals surface area contributed by atoms with Crippen LogP contribution in [-0.4, -0.2) is 35.3 Å². The van der Waals surface area contributed by atoms with Gasteiger partial charge >= 0.3 is 0 Å². The lowest BCUT2D eigenvalue weighted by Crippen LogP contribution is -2.53. The number of piperidine rings is 1. The molecule has 0 unspecified atom stereocenters. The molecule has 0 aliphatic carbocycles. The number of benzene rings is 2. The Kier molecular flexibility index (Phi) is 4.18. The summed E-state index contributed by atoms with van der Waals surface area (Å²) in [6, 6.07) is 18.6. The molecule has 2 amide bonds. The maximum atomic E-state index is 13.0. The summed E-state index contributed by atoms with van der Waals surface area (Å²) in [5.41, 5.74) is 2.03. The number of fused-ring (bicyclic) bond motifs is 1. The molecular formula is C21H19N3O2. The molecule has 5 heteroatoms. The van der Waals surface area contributed by atoms with Crippen LogP contribution in [-0.2, 0) is 4.79 Å². The highest BCUT2D eigenvalue weighted by molar-refractivity contribution is 5.97. The molecular weight excluding hydrogens is 326 g/mol. The molecule has 0 saturated carbocycles. The Hall–Kier alpha value is -3.13. The molecule has 0 radical (unpaired) electrons. The predicted octanol–water partition coefficient (Wildman–Crippen LogP) is 2.97. The van der Waals surface area contributed by atoms with Crippen LogP contribution in [0.3, 0.4) is 0 Å². The van der Waals surface area contributed by atoms with Crippen molar-refractivity contribution in [3.8, 4) is 6.07 Å². The van der Waals surface area contributed by atoms with Crippen molar-refractivity contribution in [1.29, 1.82) is 5.26 Å². The minimum atomic E-state index is -0.0237. The Morgan fingerprint density at radius 2 is 1.73 bits per heavy atom. The van der Waals surface area contributed by atoms with Crippen LogP contribution in [0.25, 0.3) is 0 Å². The second-order valence-corrected chi connectivity index (χ2v) is 6.75. The number of likely N-dealkylation sites (tertiary alicyclic amines) is 1. The number of nitrogens with zero attached hydrogens (tertiary/aromatic N) is 3. The van der Waals surface area contributed by atoms with Crippen LogP contribution in [0.5, 0.6) is 0 Å². The summed E-state index contributed by atoms with van der Waals surface area (Å²) >= 11 is 0. The zero-order valence-electron chi connectivity index (χ0n) is 14.3. The summed E-state index contributed by atoms with van der Waals surface area (Å²) in [6.45, 7) is 0.644. The summed E-state index contributed by atoms with van der Waals surface area (Å²) in [7, 11) is 0. The minimum Gasteiger partial charge on any atom is -0.333 e. The second-order valence-electron chi connectivity index (χ2n) is 6.75. The summed E-state index contributed by atoms with van der Waals surface area (Å²) in [6.07, 6.45) is 1.94. The van der Waals surface area contributed by atoms with Crippen molar-refractivity contribution >= 4 is 17.5 Å². The van der Waals surface area contributed by atoms with Gasteiger partial charge in [0.25, 0.3) is 5.91 Å². The van der Waals surface area contributed by atoms with E-state index in [1.54, 1.807) is 24.3 Å². The van der Waals surface area contributed by atoms with E-state index < -0.39 is 0 Å². The predicted molar refractivity (Wildman–Crippen MR) is 97.5 cm³/mol. The number of hydrogen-bond acceptors (Lipinski definition) is 3. The van der Waals surface area contributed by atoms with Crippen LogP contribution in [0.1, 0.15) is 35.2 Å². The Balaban J connectivity index is 1.59. The summed E-state index contributed by atoms with van der Waals surface area (Å²) in [4.78, 5) is 29.3. The zero-order valence-corrected chi connectivity index (χ0v) is 14.3. The average Bonchev–Trinajstić information content (AvgIpc) is 3.12. The van der Waals surface area contributed by atoms with E-state index in [1.807, 2.05) is 40.1 Å². The van der Waals surface area contributed by atoms with Crippen molar-refractivity contribution < 1.29 is 9.59 Å². The van der Waals surface area contributed by atoms with Crippen molar-refractivity contribution in [1.82, 2.24) is 4.90 Å². The van der Waals surface area contributed by atoms with Crippen LogP contribution in [0.15, 0.2) is 54.6 Å². The van der Waals surface area contributed by atoms with Gasteiger partial charge in [0.15, 0.2) is 0 Å². The number of carbonyl (C=O) groups excluding carboxylic acids is 2. The van der Waals surface area contributed by atoms with Crippen molar-refractivity contribution in [3.05, 3.63) is 65.7 Å². The van der Waals surface area contributed by atoms with Gasteiger partial charge in [0.05, 0.1) is 23.7 Å². The van der Waals surface area contributed by atoms with Crippen molar-refractivity contribution in [3.63, 3.8) is 0 Å². The van der Waals surface area contributed by atoms with Crippen molar-refractivity contribution in [2.45, 2.75) is 31.3 Å². The maximum Gasteiger partial charge on any atom is 0.254 e. The number of hydrogen-bond donors (Lipinski definition) is 0. The van der Waals surface area contributed by atoms with Gasteiger partial charge in [-0.1, -0.05) is 18.2 Å². The number of nitriles is 1. The van der Waals surface area contributed by atoms with E-state index in [9.17, 15) is 9.59 Å². The van der Waals surface area contributed by atoms with E-state index in [0.717, 1.165) is 12.1 Å². The highest BCUT2D eigenvalue weighted by Gasteiger charge is 2.45. The molecule has 2 aromatic rings. The van der Waals surface area contributed by atoms with Crippen LogP contribution in [0, 0.1) is 11.3 Å². The number of anilines is 1. The van der Waals surface area contributed by atoms with E-state index in [1.165, 1.54) is 0 Å². The van der Waals surface area contributed by atoms with Gasteiger partial charge in [-0.15, -0.1) is 0 Å². The van der Waals surface area contributed by atoms with Gasteiger partial charge < -0.3 is 9.80 Å². The molecule has 0 N–H and O–H groups in total. The fraction of sp³-hybridized carbons (Fsp3) is 0.286. The zero-order chi connectivity index (χ0) is 18.1.